The molecule has 0 amide bonds. The van der Waals surface area contributed by atoms with Gasteiger partial charge in [0.25, 0.3) is 0 Å². The molecule has 0 spiro atoms. The molecule has 3 nitrogen and oxygen atoms in total. The Labute approximate surface area is 209 Å². The van der Waals surface area contributed by atoms with Crippen LogP contribution in [0.25, 0.3) is 0 Å². The van der Waals surface area contributed by atoms with Crippen LogP contribution in [-0.4, -0.2) is 6.61 Å². The third-order valence-electron chi connectivity index (χ3n) is 8.72. The van der Waals surface area contributed by atoms with E-state index in [9.17, 15) is 14.9 Å². The molecular weight excluding hydrogens is 435 g/mol. The van der Waals surface area contributed by atoms with E-state index in [-0.39, 0.29) is 11.2 Å². The van der Waals surface area contributed by atoms with E-state index >= 15 is 0 Å². The number of hydrogen-bond acceptors (Lipinski definition) is 3. The maximum Gasteiger partial charge on any atom is 0.130 e. The summed E-state index contributed by atoms with van der Waals surface area (Å²) in [7, 11) is 0. The number of aryl methyl sites for hydroxylation is 2. The van der Waals surface area contributed by atoms with Crippen LogP contribution in [0.2, 0.25) is 0 Å². The summed E-state index contributed by atoms with van der Waals surface area (Å²) in [4.78, 5) is 0. The summed E-state index contributed by atoms with van der Waals surface area (Å²) in [6.07, 6.45) is 12.5. The predicted molar refractivity (Wildman–Crippen MR) is 137 cm³/mol. The highest BCUT2D eigenvalue weighted by Crippen LogP contribution is 2.60. The van der Waals surface area contributed by atoms with Crippen molar-refractivity contribution in [3.05, 3.63) is 64.0 Å². The zero-order valence-electron chi connectivity index (χ0n) is 21.3. The fourth-order valence-corrected chi connectivity index (χ4v) is 6.54. The van der Waals surface area contributed by atoms with Crippen LogP contribution in [0.4, 0.5) is 4.39 Å². The minimum Gasteiger partial charge on any atom is -0.493 e. The van der Waals surface area contributed by atoms with Crippen LogP contribution in [0.3, 0.4) is 0 Å². The Morgan fingerprint density at radius 3 is 2.11 bits per heavy atom. The molecule has 3 aliphatic rings. The molecular formula is C31H37FN2O. The summed E-state index contributed by atoms with van der Waals surface area (Å²) < 4.78 is 20.3. The number of nitriles is 2. The van der Waals surface area contributed by atoms with Crippen LogP contribution in [0.15, 0.2) is 30.3 Å². The molecule has 4 heteroatoms. The lowest BCUT2D eigenvalue weighted by Crippen LogP contribution is -2.44. The Balaban J connectivity index is 1.52. The van der Waals surface area contributed by atoms with Crippen LogP contribution < -0.4 is 4.74 Å². The summed E-state index contributed by atoms with van der Waals surface area (Å²) in [5, 5.41) is 20.1. The van der Waals surface area contributed by atoms with Crippen molar-refractivity contribution in [1.82, 2.24) is 0 Å². The highest BCUT2D eigenvalue weighted by molar-refractivity contribution is 5.57. The first kappa shape index (κ1) is 25.2. The van der Waals surface area contributed by atoms with E-state index in [1.54, 1.807) is 6.07 Å². The summed E-state index contributed by atoms with van der Waals surface area (Å²) in [5.41, 5.74) is 4.07. The number of nitrogens with zero attached hydrogens (tertiary/aromatic N) is 2. The van der Waals surface area contributed by atoms with Crippen molar-refractivity contribution in [2.75, 3.05) is 6.61 Å². The molecule has 0 N–H and O–H groups in total. The molecule has 0 aliphatic heterocycles. The van der Waals surface area contributed by atoms with E-state index in [1.165, 1.54) is 38.2 Å². The molecule has 0 aromatic heterocycles. The van der Waals surface area contributed by atoms with E-state index in [1.807, 2.05) is 12.1 Å². The maximum atomic E-state index is 14.7. The lowest BCUT2D eigenvalue weighted by atomic mass is 9.50. The molecule has 184 valence electrons. The molecule has 2 aromatic carbocycles. The average molecular weight is 473 g/mol. The summed E-state index contributed by atoms with van der Waals surface area (Å²) >= 11 is 0. The fraction of sp³-hybridized carbons (Fsp3) is 0.548. The van der Waals surface area contributed by atoms with Gasteiger partial charge in [-0.3, -0.25) is 0 Å². The van der Waals surface area contributed by atoms with Crippen molar-refractivity contribution in [1.29, 1.82) is 10.5 Å². The van der Waals surface area contributed by atoms with Crippen molar-refractivity contribution in [2.45, 2.75) is 96.3 Å². The second-order valence-electron chi connectivity index (χ2n) is 10.7. The lowest BCUT2D eigenvalue weighted by molar-refractivity contribution is 0.0319. The molecule has 35 heavy (non-hydrogen) atoms. The Bertz CT molecular complexity index is 1120. The van der Waals surface area contributed by atoms with Gasteiger partial charge in [-0.2, -0.15) is 10.5 Å². The normalized spacial score (nSPS) is 23.0. The van der Waals surface area contributed by atoms with Crippen LogP contribution in [0, 0.1) is 33.9 Å². The summed E-state index contributed by atoms with van der Waals surface area (Å²) in [5.74, 6) is 0.268. The molecule has 5 rings (SSSR count). The quantitative estimate of drug-likeness (QED) is 0.330. The van der Waals surface area contributed by atoms with Gasteiger partial charge in [-0.15, -0.1) is 0 Å². The Kier molecular flexibility index (Phi) is 7.81. The smallest absolute Gasteiger partial charge is 0.130 e. The third-order valence-corrected chi connectivity index (χ3v) is 8.72. The summed E-state index contributed by atoms with van der Waals surface area (Å²) in [6, 6.07) is 13.9. The van der Waals surface area contributed by atoms with Gasteiger partial charge in [-0.05, 0) is 97.8 Å². The van der Waals surface area contributed by atoms with Crippen LogP contribution in [-0.2, 0) is 18.3 Å². The van der Waals surface area contributed by atoms with E-state index < -0.39 is 0 Å². The highest BCUT2D eigenvalue weighted by Gasteiger charge is 2.49. The van der Waals surface area contributed by atoms with Crippen molar-refractivity contribution >= 4 is 0 Å². The van der Waals surface area contributed by atoms with Gasteiger partial charge < -0.3 is 4.74 Å². The Hall–Kier alpha value is -2.85. The predicted octanol–water partition coefficient (Wildman–Crippen LogP) is 7.93. The largest absolute Gasteiger partial charge is 0.493 e. The molecule has 3 aliphatic carbocycles. The number of halogens is 1. The maximum absolute atomic E-state index is 14.7. The number of fused-ring (bicyclic) bond motifs is 3. The van der Waals surface area contributed by atoms with Gasteiger partial charge in [0.05, 0.1) is 17.7 Å². The first-order valence-electron chi connectivity index (χ1n) is 13.4. The van der Waals surface area contributed by atoms with E-state index in [0.717, 1.165) is 43.2 Å². The van der Waals surface area contributed by atoms with Gasteiger partial charge in [0.2, 0.25) is 0 Å². The van der Waals surface area contributed by atoms with Gasteiger partial charge in [-0.25, -0.2) is 4.39 Å². The number of ether oxygens (including phenoxy) is 1. The molecule has 2 bridgehead atoms. The number of rotatable bonds is 10. The molecule has 0 unspecified atom stereocenters. The molecule has 3 fully saturated rings. The van der Waals surface area contributed by atoms with Crippen molar-refractivity contribution in [2.24, 2.45) is 5.41 Å². The van der Waals surface area contributed by atoms with Crippen LogP contribution in [0.1, 0.15) is 106 Å². The minimum absolute atomic E-state index is 0.0321. The Morgan fingerprint density at radius 2 is 1.51 bits per heavy atom. The molecule has 0 atom stereocenters. The average Bonchev–Trinajstić information content (AvgIpc) is 2.89. The zero-order valence-corrected chi connectivity index (χ0v) is 21.3. The van der Waals surface area contributed by atoms with Crippen LogP contribution >= 0.6 is 0 Å². The van der Waals surface area contributed by atoms with Gasteiger partial charge in [0.1, 0.15) is 23.7 Å². The lowest BCUT2D eigenvalue weighted by Gasteiger charge is -2.54. The van der Waals surface area contributed by atoms with E-state index in [4.69, 9.17) is 4.74 Å². The highest BCUT2D eigenvalue weighted by atomic mass is 19.1. The molecule has 3 saturated carbocycles. The second-order valence-corrected chi connectivity index (χ2v) is 10.7. The first-order valence-corrected chi connectivity index (χ1v) is 13.4. The first-order chi connectivity index (χ1) is 17.0. The number of hydrogen-bond donors (Lipinski definition) is 0. The summed E-state index contributed by atoms with van der Waals surface area (Å²) in [6.45, 7) is 4.96. The molecule has 0 saturated heterocycles. The van der Waals surface area contributed by atoms with Gasteiger partial charge in [-0.1, -0.05) is 44.9 Å². The van der Waals surface area contributed by atoms with Gasteiger partial charge in [0, 0.05) is 6.07 Å². The standard InChI is InChI=1S/C31H37FN2O/c1-3-5-19-35-25-10-8-24(29(32)20-25)7-6-23-9-11-28(27(22-34)26(23)21-33)31-16-13-30(12-4-2,14-17-31)15-18-31/h8-11,20H,3-7,12-19H2,1-2H3. The second kappa shape index (κ2) is 10.8. The number of unbranched alkanes of at least 4 members (excludes halogenated alkanes) is 1. The monoisotopic (exact) mass is 472 g/mol. The van der Waals surface area contributed by atoms with Gasteiger partial charge in [0.15, 0.2) is 0 Å². The Morgan fingerprint density at radius 1 is 0.857 bits per heavy atom. The van der Waals surface area contributed by atoms with Crippen molar-refractivity contribution in [3.63, 3.8) is 0 Å². The van der Waals surface area contributed by atoms with E-state index in [0.29, 0.717) is 47.3 Å². The molecule has 2 aromatic rings. The third kappa shape index (κ3) is 5.08. The topological polar surface area (TPSA) is 56.8 Å². The van der Waals surface area contributed by atoms with Crippen LogP contribution in [0.5, 0.6) is 5.75 Å². The molecule has 0 heterocycles. The van der Waals surface area contributed by atoms with Crippen molar-refractivity contribution < 1.29 is 9.13 Å². The van der Waals surface area contributed by atoms with E-state index in [2.05, 4.69) is 32.1 Å². The van der Waals surface area contributed by atoms with Gasteiger partial charge >= 0.3 is 0 Å². The zero-order chi connectivity index (χ0) is 24.9. The number of benzene rings is 2. The van der Waals surface area contributed by atoms with Crippen molar-refractivity contribution in [3.8, 4) is 17.9 Å². The minimum atomic E-state index is -0.284. The molecule has 0 radical (unpaired) electrons. The SMILES string of the molecule is CCCCOc1ccc(CCc2ccc(C34CCC(CCC)(CC3)CC4)c(C#N)c2C#N)c(F)c1. The fourth-order valence-electron chi connectivity index (χ4n) is 6.54.